The molecule has 0 N–H and O–H groups in total. The molecule has 2 heterocycles. The minimum atomic E-state index is -4.40. The van der Waals surface area contributed by atoms with E-state index in [0.29, 0.717) is 17.0 Å². The lowest BCUT2D eigenvalue weighted by Gasteiger charge is -2.12. The molecule has 6 nitrogen and oxygen atoms in total. The van der Waals surface area contributed by atoms with Crippen molar-refractivity contribution in [1.82, 2.24) is 9.55 Å². The van der Waals surface area contributed by atoms with Gasteiger partial charge in [0.1, 0.15) is 6.54 Å². The van der Waals surface area contributed by atoms with Crippen molar-refractivity contribution < 1.29 is 31.9 Å². The molecule has 0 spiro atoms. The number of carbonyl (C=O) groups is 2. The normalized spacial score (nSPS) is 11.5. The summed E-state index contributed by atoms with van der Waals surface area (Å²) in [5.41, 5.74) is 1.52. The van der Waals surface area contributed by atoms with Crippen molar-refractivity contribution in [3.8, 4) is 11.3 Å². The van der Waals surface area contributed by atoms with Crippen molar-refractivity contribution in [3.63, 3.8) is 0 Å². The van der Waals surface area contributed by atoms with Gasteiger partial charge in [0.15, 0.2) is 18.8 Å². The van der Waals surface area contributed by atoms with Gasteiger partial charge in [-0.3, -0.25) is 4.79 Å². The Morgan fingerprint density at radius 2 is 1.86 bits per heavy atom. The Morgan fingerprint density at radius 3 is 2.45 bits per heavy atom. The molecule has 0 unspecified atom stereocenters. The van der Waals surface area contributed by atoms with Crippen LogP contribution in [0.3, 0.4) is 0 Å². The van der Waals surface area contributed by atoms with E-state index >= 15 is 0 Å². The van der Waals surface area contributed by atoms with Gasteiger partial charge in [-0.1, -0.05) is 12.1 Å². The minimum Gasteiger partial charge on any atom is -0.454 e. The Labute approximate surface area is 163 Å². The lowest BCUT2D eigenvalue weighted by atomic mass is 10.1. The van der Waals surface area contributed by atoms with Gasteiger partial charge in [0.05, 0.1) is 11.8 Å². The van der Waals surface area contributed by atoms with E-state index in [1.165, 1.54) is 44.6 Å². The second-order valence-electron chi connectivity index (χ2n) is 6.43. The topological polar surface area (TPSA) is 74.3 Å². The highest BCUT2D eigenvalue weighted by molar-refractivity contribution is 6.00. The number of hydrogen-bond donors (Lipinski definition) is 0. The molecule has 0 radical (unpaired) electrons. The molecule has 152 valence electrons. The molecule has 0 aliphatic heterocycles. The number of hydrogen-bond acceptors (Lipinski definition) is 5. The Morgan fingerprint density at radius 1 is 1.17 bits per heavy atom. The number of halogens is 3. The van der Waals surface area contributed by atoms with Crippen LogP contribution < -0.4 is 0 Å². The summed E-state index contributed by atoms with van der Waals surface area (Å²) in [4.78, 5) is 28.3. The van der Waals surface area contributed by atoms with Gasteiger partial charge in [-0.05, 0) is 32.0 Å². The Bertz CT molecular complexity index is 1020. The second kappa shape index (κ2) is 7.94. The summed E-state index contributed by atoms with van der Waals surface area (Å²) < 4.78 is 49.3. The molecule has 0 fully saturated rings. The van der Waals surface area contributed by atoms with E-state index in [1.54, 1.807) is 12.1 Å². The zero-order valence-corrected chi connectivity index (χ0v) is 15.6. The van der Waals surface area contributed by atoms with Crippen LogP contribution in [-0.2, 0) is 11.3 Å². The monoisotopic (exact) mass is 406 g/mol. The molecule has 0 bridgehead atoms. The molecule has 2 aromatic heterocycles. The Hall–Kier alpha value is -3.36. The standard InChI is InChI=1S/C20H17F3N2O4/c1-12-7-16(13(2)25(12)10-20(21,22)23)17(26)9-28-19(27)15-5-3-14(4-6-15)18-8-24-11-29-18/h3-8,11H,9-10H2,1-2H3. The molecule has 0 amide bonds. The molecular formula is C20H17F3N2O4. The molecule has 3 rings (SSSR count). The van der Waals surface area contributed by atoms with Crippen LogP contribution in [0, 0.1) is 13.8 Å². The molecule has 0 saturated heterocycles. The van der Waals surface area contributed by atoms with Crippen molar-refractivity contribution in [1.29, 1.82) is 0 Å². The summed E-state index contributed by atoms with van der Waals surface area (Å²) in [5, 5.41) is 0. The smallest absolute Gasteiger partial charge is 0.406 e. The van der Waals surface area contributed by atoms with E-state index in [2.05, 4.69) is 4.98 Å². The molecular weight excluding hydrogens is 389 g/mol. The zero-order valence-electron chi connectivity index (χ0n) is 15.6. The van der Waals surface area contributed by atoms with Crippen molar-refractivity contribution in [3.05, 3.63) is 65.4 Å². The van der Waals surface area contributed by atoms with Gasteiger partial charge in [-0.15, -0.1) is 0 Å². The van der Waals surface area contributed by atoms with Crippen LogP contribution in [0.5, 0.6) is 0 Å². The van der Waals surface area contributed by atoms with Crippen molar-refractivity contribution in [2.45, 2.75) is 26.6 Å². The lowest BCUT2D eigenvalue weighted by molar-refractivity contribution is -0.141. The summed E-state index contributed by atoms with van der Waals surface area (Å²) in [7, 11) is 0. The third kappa shape index (κ3) is 4.74. The minimum absolute atomic E-state index is 0.0974. The van der Waals surface area contributed by atoms with Crippen LogP contribution in [0.4, 0.5) is 13.2 Å². The predicted molar refractivity (Wildman–Crippen MR) is 96.5 cm³/mol. The maximum absolute atomic E-state index is 12.7. The summed E-state index contributed by atoms with van der Waals surface area (Å²) in [6, 6.07) is 7.68. The molecule has 3 aromatic rings. The summed E-state index contributed by atoms with van der Waals surface area (Å²) in [6.45, 7) is 1.15. The third-order valence-corrected chi connectivity index (χ3v) is 4.38. The van der Waals surface area contributed by atoms with Crippen LogP contribution in [0.15, 0.2) is 47.3 Å². The van der Waals surface area contributed by atoms with Gasteiger partial charge in [-0.25, -0.2) is 9.78 Å². The highest BCUT2D eigenvalue weighted by atomic mass is 19.4. The first-order valence-corrected chi connectivity index (χ1v) is 8.58. The molecule has 0 aliphatic rings. The van der Waals surface area contributed by atoms with Gasteiger partial charge in [0.25, 0.3) is 0 Å². The van der Waals surface area contributed by atoms with Crippen LogP contribution in [0.25, 0.3) is 11.3 Å². The fourth-order valence-electron chi connectivity index (χ4n) is 2.93. The van der Waals surface area contributed by atoms with E-state index in [9.17, 15) is 22.8 Å². The third-order valence-electron chi connectivity index (χ3n) is 4.38. The molecule has 0 saturated carbocycles. The number of Topliss-reactive ketones (excluding diaryl/α,β-unsaturated/α-hetero) is 1. The molecule has 0 aliphatic carbocycles. The van der Waals surface area contributed by atoms with Gasteiger partial charge < -0.3 is 13.7 Å². The van der Waals surface area contributed by atoms with Crippen molar-refractivity contribution >= 4 is 11.8 Å². The average Bonchev–Trinajstić information content (AvgIpc) is 3.29. The predicted octanol–water partition coefficient (Wildman–Crippen LogP) is 4.36. The fourth-order valence-corrected chi connectivity index (χ4v) is 2.93. The zero-order chi connectivity index (χ0) is 21.2. The number of aromatic nitrogens is 2. The molecule has 29 heavy (non-hydrogen) atoms. The van der Waals surface area contributed by atoms with Crippen molar-refractivity contribution in [2.75, 3.05) is 6.61 Å². The first-order valence-electron chi connectivity index (χ1n) is 8.58. The SMILES string of the molecule is Cc1cc(C(=O)COC(=O)c2ccc(-c3cnco3)cc2)c(C)n1CC(F)(F)F. The van der Waals surface area contributed by atoms with E-state index in [4.69, 9.17) is 9.15 Å². The number of ether oxygens (including phenoxy) is 1. The molecule has 9 heteroatoms. The number of esters is 1. The molecule has 0 atom stereocenters. The number of benzene rings is 1. The fraction of sp³-hybridized carbons (Fsp3) is 0.250. The number of oxazole rings is 1. The maximum atomic E-state index is 12.7. The van der Waals surface area contributed by atoms with E-state index < -0.39 is 31.1 Å². The second-order valence-corrected chi connectivity index (χ2v) is 6.43. The summed E-state index contributed by atoms with van der Waals surface area (Å²) >= 11 is 0. The van der Waals surface area contributed by atoms with Crippen LogP contribution in [0.2, 0.25) is 0 Å². The first kappa shape index (κ1) is 20.4. The van der Waals surface area contributed by atoms with Crippen LogP contribution in [-0.4, -0.2) is 34.1 Å². The lowest BCUT2D eigenvalue weighted by Crippen LogP contribution is -2.20. The van der Waals surface area contributed by atoms with Gasteiger partial charge in [0.2, 0.25) is 5.78 Å². The number of aryl methyl sites for hydroxylation is 1. The first-order chi connectivity index (χ1) is 13.7. The van der Waals surface area contributed by atoms with Gasteiger partial charge in [-0.2, -0.15) is 13.2 Å². The van der Waals surface area contributed by atoms with Gasteiger partial charge in [0, 0.05) is 22.5 Å². The highest BCUT2D eigenvalue weighted by Crippen LogP contribution is 2.24. The summed E-state index contributed by atoms with van der Waals surface area (Å²) in [5.74, 6) is -0.751. The van der Waals surface area contributed by atoms with E-state index in [0.717, 1.165) is 4.57 Å². The Kier molecular flexibility index (Phi) is 5.58. The average molecular weight is 406 g/mol. The molecule has 1 aromatic carbocycles. The summed E-state index contributed by atoms with van der Waals surface area (Å²) in [6.07, 6.45) is -1.59. The van der Waals surface area contributed by atoms with E-state index in [-0.39, 0.29) is 16.8 Å². The largest absolute Gasteiger partial charge is 0.454 e. The number of alkyl halides is 3. The van der Waals surface area contributed by atoms with E-state index in [1.807, 2.05) is 0 Å². The van der Waals surface area contributed by atoms with Crippen LogP contribution in [0.1, 0.15) is 32.1 Å². The number of ketones is 1. The van der Waals surface area contributed by atoms with Gasteiger partial charge >= 0.3 is 12.1 Å². The maximum Gasteiger partial charge on any atom is 0.406 e. The Balaban J connectivity index is 1.65. The number of rotatable bonds is 6. The number of nitrogens with zero attached hydrogens (tertiary/aromatic N) is 2. The quantitative estimate of drug-likeness (QED) is 0.449. The highest BCUT2D eigenvalue weighted by Gasteiger charge is 2.30. The number of carbonyl (C=O) groups excluding carboxylic acids is 2. The van der Waals surface area contributed by atoms with Crippen LogP contribution >= 0.6 is 0 Å². The van der Waals surface area contributed by atoms with Crippen molar-refractivity contribution in [2.24, 2.45) is 0 Å².